The van der Waals surface area contributed by atoms with E-state index in [0.717, 1.165) is 0 Å². The van der Waals surface area contributed by atoms with E-state index in [1.165, 1.54) is 18.3 Å². The summed E-state index contributed by atoms with van der Waals surface area (Å²) in [6, 6.07) is 18.2. The number of nitrogens with one attached hydrogen (secondary N) is 1. The number of carbonyl (C=O) groups excluding carboxylic acids is 2. The molecule has 0 aliphatic rings. The number of carbonyl (C=O) groups is 2. The van der Waals surface area contributed by atoms with E-state index in [4.69, 9.17) is 27.9 Å². The van der Waals surface area contributed by atoms with Crippen molar-refractivity contribution in [2.75, 3.05) is 0 Å². The van der Waals surface area contributed by atoms with Crippen LogP contribution in [0.15, 0.2) is 76.3 Å². The number of esters is 1. The Bertz CT molecular complexity index is 1090. The summed E-state index contributed by atoms with van der Waals surface area (Å²) in [5, 5.41) is 4.58. The second kappa shape index (κ2) is 9.69. The standard InChI is InChI=1S/C21H13BrCl2N2O3/c22-18-4-2-1-3-16(18)20(27)26-25-12-13-5-8-15(9-6-13)29-21(28)17-10-7-14(23)11-19(17)24/h1-12H,(H,26,27)/b25-12+. The molecule has 0 spiro atoms. The van der Waals surface area contributed by atoms with Crippen LogP contribution in [0.4, 0.5) is 0 Å². The number of benzene rings is 3. The first kappa shape index (κ1) is 21.0. The molecule has 0 radical (unpaired) electrons. The number of hydrogen-bond acceptors (Lipinski definition) is 4. The van der Waals surface area contributed by atoms with Crippen molar-refractivity contribution in [3.8, 4) is 5.75 Å². The lowest BCUT2D eigenvalue weighted by molar-refractivity contribution is 0.0734. The Morgan fingerprint density at radius 2 is 1.69 bits per heavy atom. The van der Waals surface area contributed by atoms with Gasteiger partial charge < -0.3 is 4.74 Å². The van der Waals surface area contributed by atoms with E-state index in [1.807, 2.05) is 6.07 Å². The largest absolute Gasteiger partial charge is 0.423 e. The minimum absolute atomic E-state index is 0.215. The average Bonchev–Trinajstić information content (AvgIpc) is 2.69. The predicted octanol–water partition coefficient (Wildman–Crippen LogP) is 5.74. The van der Waals surface area contributed by atoms with Crippen LogP contribution in [0.3, 0.4) is 0 Å². The first-order valence-corrected chi connectivity index (χ1v) is 9.84. The summed E-state index contributed by atoms with van der Waals surface area (Å²) in [6.07, 6.45) is 1.48. The summed E-state index contributed by atoms with van der Waals surface area (Å²) >= 11 is 15.2. The van der Waals surface area contributed by atoms with Crippen molar-refractivity contribution in [3.63, 3.8) is 0 Å². The zero-order chi connectivity index (χ0) is 20.8. The molecule has 146 valence electrons. The SMILES string of the molecule is O=C(Oc1ccc(/C=N/NC(=O)c2ccccc2Br)cc1)c1ccc(Cl)cc1Cl. The third-order valence-corrected chi connectivity index (χ3v) is 4.98. The number of ether oxygens (including phenoxy) is 1. The Kier molecular flexibility index (Phi) is 7.04. The zero-order valence-electron chi connectivity index (χ0n) is 14.7. The molecule has 3 aromatic carbocycles. The molecular weight excluding hydrogens is 479 g/mol. The molecule has 0 heterocycles. The lowest BCUT2D eigenvalue weighted by atomic mass is 10.2. The third-order valence-electron chi connectivity index (χ3n) is 3.74. The molecule has 0 aliphatic carbocycles. The highest BCUT2D eigenvalue weighted by molar-refractivity contribution is 9.10. The second-order valence-corrected chi connectivity index (χ2v) is 7.46. The Morgan fingerprint density at radius 1 is 0.966 bits per heavy atom. The van der Waals surface area contributed by atoms with Gasteiger partial charge in [0, 0.05) is 9.50 Å². The molecule has 1 N–H and O–H groups in total. The summed E-state index contributed by atoms with van der Waals surface area (Å²) in [5.74, 6) is -0.580. The van der Waals surface area contributed by atoms with Gasteiger partial charge in [0.25, 0.3) is 5.91 Å². The van der Waals surface area contributed by atoms with Gasteiger partial charge in [-0.1, -0.05) is 35.3 Å². The van der Waals surface area contributed by atoms with Crippen LogP contribution in [0.1, 0.15) is 26.3 Å². The average molecular weight is 492 g/mol. The number of rotatable bonds is 5. The smallest absolute Gasteiger partial charge is 0.345 e. The van der Waals surface area contributed by atoms with Gasteiger partial charge in [0.2, 0.25) is 0 Å². The molecule has 0 aliphatic heterocycles. The van der Waals surface area contributed by atoms with Crippen molar-refractivity contribution in [3.05, 3.63) is 97.9 Å². The van der Waals surface area contributed by atoms with Crippen LogP contribution < -0.4 is 10.2 Å². The van der Waals surface area contributed by atoms with Gasteiger partial charge in [-0.05, 0) is 76.1 Å². The van der Waals surface area contributed by atoms with Crippen molar-refractivity contribution < 1.29 is 14.3 Å². The molecule has 0 bridgehead atoms. The Morgan fingerprint density at radius 3 is 2.38 bits per heavy atom. The van der Waals surface area contributed by atoms with Crippen LogP contribution in [0, 0.1) is 0 Å². The van der Waals surface area contributed by atoms with Crippen molar-refractivity contribution in [1.29, 1.82) is 0 Å². The Hall–Kier alpha value is -2.67. The molecule has 0 unspecified atom stereocenters. The highest BCUT2D eigenvalue weighted by Crippen LogP contribution is 2.23. The van der Waals surface area contributed by atoms with Crippen LogP contribution in [-0.4, -0.2) is 18.1 Å². The van der Waals surface area contributed by atoms with Gasteiger partial charge >= 0.3 is 5.97 Å². The molecule has 0 saturated carbocycles. The number of nitrogens with zero attached hydrogens (tertiary/aromatic N) is 1. The Balaban J connectivity index is 1.60. The van der Waals surface area contributed by atoms with Crippen molar-refractivity contribution in [2.24, 2.45) is 5.10 Å². The maximum atomic E-state index is 12.2. The maximum Gasteiger partial charge on any atom is 0.345 e. The van der Waals surface area contributed by atoms with E-state index in [0.29, 0.717) is 26.4 Å². The van der Waals surface area contributed by atoms with Gasteiger partial charge in [-0.2, -0.15) is 5.10 Å². The van der Waals surface area contributed by atoms with E-state index in [1.54, 1.807) is 48.5 Å². The highest BCUT2D eigenvalue weighted by atomic mass is 79.9. The number of hydrazone groups is 1. The summed E-state index contributed by atoms with van der Waals surface area (Å²) < 4.78 is 5.98. The number of amides is 1. The molecule has 1 amide bonds. The molecule has 3 aromatic rings. The quantitative estimate of drug-likeness (QED) is 0.214. The van der Waals surface area contributed by atoms with Gasteiger partial charge in [0.15, 0.2) is 0 Å². The topological polar surface area (TPSA) is 67.8 Å². The van der Waals surface area contributed by atoms with E-state index >= 15 is 0 Å². The molecule has 8 heteroatoms. The van der Waals surface area contributed by atoms with Gasteiger partial charge in [0.05, 0.1) is 22.4 Å². The third kappa shape index (κ3) is 5.67. The van der Waals surface area contributed by atoms with Crippen molar-refractivity contribution in [2.45, 2.75) is 0 Å². The predicted molar refractivity (Wildman–Crippen MR) is 117 cm³/mol. The van der Waals surface area contributed by atoms with Gasteiger partial charge in [0.1, 0.15) is 5.75 Å². The molecular formula is C21H13BrCl2N2O3. The van der Waals surface area contributed by atoms with Crippen molar-refractivity contribution >= 4 is 57.2 Å². The molecule has 3 rings (SSSR count). The molecule has 0 aromatic heterocycles. The number of hydrogen-bond donors (Lipinski definition) is 1. The minimum atomic E-state index is -0.589. The fourth-order valence-electron chi connectivity index (χ4n) is 2.31. The summed E-state index contributed by atoms with van der Waals surface area (Å²) in [7, 11) is 0. The summed E-state index contributed by atoms with van der Waals surface area (Å²) in [4.78, 5) is 24.3. The fourth-order valence-corrected chi connectivity index (χ4v) is 3.26. The molecule has 29 heavy (non-hydrogen) atoms. The molecule has 5 nitrogen and oxygen atoms in total. The van der Waals surface area contributed by atoms with E-state index in [-0.39, 0.29) is 16.5 Å². The fraction of sp³-hybridized carbons (Fsp3) is 0. The molecule has 0 atom stereocenters. The lowest BCUT2D eigenvalue weighted by Crippen LogP contribution is -2.18. The van der Waals surface area contributed by atoms with Crippen LogP contribution >= 0.6 is 39.1 Å². The number of halogens is 3. The minimum Gasteiger partial charge on any atom is -0.423 e. The molecule has 0 saturated heterocycles. The first-order valence-electron chi connectivity index (χ1n) is 8.29. The van der Waals surface area contributed by atoms with E-state index in [9.17, 15) is 9.59 Å². The first-order chi connectivity index (χ1) is 13.9. The summed E-state index contributed by atoms with van der Waals surface area (Å²) in [5.41, 5.74) is 3.87. The normalized spacial score (nSPS) is 10.7. The van der Waals surface area contributed by atoms with Gasteiger partial charge in [-0.3, -0.25) is 4.79 Å². The van der Waals surface area contributed by atoms with Gasteiger partial charge in [-0.25, -0.2) is 10.2 Å². The monoisotopic (exact) mass is 490 g/mol. The Labute approximate surface area is 185 Å². The maximum absolute atomic E-state index is 12.2. The van der Waals surface area contributed by atoms with E-state index < -0.39 is 5.97 Å². The van der Waals surface area contributed by atoms with E-state index in [2.05, 4.69) is 26.5 Å². The van der Waals surface area contributed by atoms with Crippen LogP contribution in [-0.2, 0) is 0 Å². The summed E-state index contributed by atoms with van der Waals surface area (Å²) in [6.45, 7) is 0. The van der Waals surface area contributed by atoms with Gasteiger partial charge in [-0.15, -0.1) is 0 Å². The lowest BCUT2D eigenvalue weighted by Gasteiger charge is -2.06. The van der Waals surface area contributed by atoms with Crippen LogP contribution in [0.25, 0.3) is 0 Å². The van der Waals surface area contributed by atoms with Crippen LogP contribution in [0.2, 0.25) is 10.0 Å². The zero-order valence-corrected chi connectivity index (χ0v) is 17.8. The molecule has 0 fully saturated rings. The highest BCUT2D eigenvalue weighted by Gasteiger charge is 2.13. The van der Waals surface area contributed by atoms with Crippen molar-refractivity contribution in [1.82, 2.24) is 5.43 Å². The second-order valence-electron chi connectivity index (χ2n) is 5.76. The van der Waals surface area contributed by atoms with Crippen LogP contribution in [0.5, 0.6) is 5.75 Å².